The lowest BCUT2D eigenvalue weighted by Gasteiger charge is -2.08. The summed E-state index contributed by atoms with van der Waals surface area (Å²) in [7, 11) is 0. The number of rotatable bonds is 2. The third-order valence-electron chi connectivity index (χ3n) is 2.70. The molecule has 0 bridgehead atoms. The molecule has 0 aromatic heterocycles. The van der Waals surface area contributed by atoms with Gasteiger partial charge in [0.25, 0.3) is 0 Å². The van der Waals surface area contributed by atoms with Crippen molar-refractivity contribution < 1.29 is 13.2 Å². The average Bonchev–Trinajstić information content (AvgIpc) is 2.38. The Morgan fingerprint density at radius 3 is 1.61 bits per heavy atom. The molecule has 0 aliphatic heterocycles. The summed E-state index contributed by atoms with van der Waals surface area (Å²) in [4.78, 5) is 0. The van der Waals surface area contributed by atoms with Crippen molar-refractivity contribution in [2.24, 2.45) is 0 Å². The van der Waals surface area contributed by atoms with Crippen LogP contribution in [-0.2, 0) is 12.7 Å². The minimum atomic E-state index is -4.30. The summed E-state index contributed by atoms with van der Waals surface area (Å²) >= 11 is 0. The van der Waals surface area contributed by atoms with E-state index in [0.29, 0.717) is 0 Å². The molecule has 0 heterocycles. The van der Waals surface area contributed by atoms with Crippen LogP contribution in [0.15, 0.2) is 48.5 Å². The molecule has 0 spiro atoms. The van der Waals surface area contributed by atoms with Gasteiger partial charge in [0.05, 0.1) is 5.56 Å². The molecule has 1 radical (unpaired) electrons. The van der Waals surface area contributed by atoms with Gasteiger partial charge in [0.2, 0.25) is 0 Å². The van der Waals surface area contributed by atoms with E-state index in [1.54, 1.807) is 12.1 Å². The van der Waals surface area contributed by atoms with Crippen LogP contribution in [0.4, 0.5) is 13.2 Å². The van der Waals surface area contributed by atoms with Gasteiger partial charge >= 0.3 is 6.18 Å². The molecule has 2 aromatic rings. The van der Waals surface area contributed by atoms with Gasteiger partial charge in [0, 0.05) is 6.54 Å². The van der Waals surface area contributed by atoms with Crippen molar-refractivity contribution in [1.29, 1.82) is 0 Å². The quantitative estimate of drug-likeness (QED) is 0.764. The Balaban J connectivity index is 2.28. The van der Waals surface area contributed by atoms with Crippen LogP contribution in [0.5, 0.6) is 0 Å². The van der Waals surface area contributed by atoms with Crippen LogP contribution in [0.25, 0.3) is 11.1 Å². The Morgan fingerprint density at radius 2 is 1.22 bits per heavy atom. The first-order valence-electron chi connectivity index (χ1n) is 5.42. The molecule has 0 aliphatic carbocycles. The number of halogens is 3. The van der Waals surface area contributed by atoms with Crippen molar-refractivity contribution in [2.45, 2.75) is 12.7 Å². The van der Waals surface area contributed by atoms with Gasteiger partial charge in [0.15, 0.2) is 0 Å². The highest BCUT2D eigenvalue weighted by atomic mass is 19.4. The highest BCUT2D eigenvalue weighted by Gasteiger charge is 2.29. The predicted octanol–water partition coefficient (Wildman–Crippen LogP) is 4.16. The maximum atomic E-state index is 12.4. The lowest BCUT2D eigenvalue weighted by Crippen LogP contribution is -2.03. The van der Waals surface area contributed by atoms with E-state index in [1.807, 2.05) is 12.1 Å². The molecular formula is C14H11F3N. The molecule has 1 N–H and O–H groups in total. The SMILES string of the molecule is [NH]Cc1ccc(-c2ccc(C(F)(F)F)cc2)cc1. The van der Waals surface area contributed by atoms with E-state index in [0.717, 1.165) is 28.8 Å². The normalized spacial score (nSPS) is 11.6. The maximum Gasteiger partial charge on any atom is 0.416 e. The summed E-state index contributed by atoms with van der Waals surface area (Å²) in [5.74, 6) is 0. The van der Waals surface area contributed by atoms with Gasteiger partial charge in [-0.2, -0.15) is 13.2 Å². The van der Waals surface area contributed by atoms with Crippen LogP contribution in [0.1, 0.15) is 11.1 Å². The summed E-state index contributed by atoms with van der Waals surface area (Å²) in [6.45, 7) is 0.202. The zero-order chi connectivity index (χ0) is 13.2. The van der Waals surface area contributed by atoms with Crippen LogP contribution in [-0.4, -0.2) is 0 Å². The molecule has 93 valence electrons. The Hall–Kier alpha value is -1.81. The average molecular weight is 250 g/mol. The van der Waals surface area contributed by atoms with Gasteiger partial charge in [-0.1, -0.05) is 36.4 Å². The summed E-state index contributed by atoms with van der Waals surface area (Å²) in [6, 6.07) is 12.3. The minimum absolute atomic E-state index is 0.202. The fraction of sp³-hybridized carbons (Fsp3) is 0.143. The molecule has 4 heteroatoms. The second-order valence-electron chi connectivity index (χ2n) is 3.95. The molecule has 0 saturated carbocycles. The molecule has 0 unspecified atom stereocenters. The maximum absolute atomic E-state index is 12.4. The molecule has 1 nitrogen and oxygen atoms in total. The summed E-state index contributed by atoms with van der Waals surface area (Å²) in [5.41, 5.74) is 9.01. The molecule has 2 aromatic carbocycles. The smallest absolute Gasteiger partial charge is 0.253 e. The first-order chi connectivity index (χ1) is 8.50. The fourth-order valence-electron chi connectivity index (χ4n) is 1.67. The lowest BCUT2D eigenvalue weighted by atomic mass is 10.0. The Bertz CT molecular complexity index is 512. The molecule has 0 aliphatic rings. The Kier molecular flexibility index (Phi) is 3.39. The Morgan fingerprint density at radius 1 is 0.778 bits per heavy atom. The summed E-state index contributed by atoms with van der Waals surface area (Å²) < 4.78 is 37.2. The van der Waals surface area contributed by atoms with Crippen LogP contribution in [0.3, 0.4) is 0 Å². The molecule has 2 rings (SSSR count). The molecule has 0 saturated heterocycles. The van der Waals surface area contributed by atoms with E-state index in [9.17, 15) is 13.2 Å². The topological polar surface area (TPSA) is 23.8 Å². The van der Waals surface area contributed by atoms with Gasteiger partial charge < -0.3 is 0 Å². The van der Waals surface area contributed by atoms with Crippen molar-refractivity contribution >= 4 is 0 Å². The third kappa shape index (κ3) is 2.71. The molecule has 0 fully saturated rings. The second kappa shape index (κ2) is 4.82. The third-order valence-corrected chi connectivity index (χ3v) is 2.70. The van der Waals surface area contributed by atoms with Gasteiger partial charge in [0.1, 0.15) is 0 Å². The first kappa shape index (κ1) is 12.6. The zero-order valence-electron chi connectivity index (χ0n) is 9.46. The number of hydrogen-bond donors (Lipinski definition) is 0. The monoisotopic (exact) mass is 250 g/mol. The zero-order valence-corrected chi connectivity index (χ0v) is 9.46. The van der Waals surface area contributed by atoms with Crippen LogP contribution in [0.2, 0.25) is 0 Å². The fourth-order valence-corrected chi connectivity index (χ4v) is 1.67. The van der Waals surface area contributed by atoms with E-state index >= 15 is 0 Å². The van der Waals surface area contributed by atoms with Crippen LogP contribution < -0.4 is 5.73 Å². The lowest BCUT2D eigenvalue weighted by molar-refractivity contribution is -0.137. The number of nitrogens with one attached hydrogen (secondary N) is 1. The largest absolute Gasteiger partial charge is 0.416 e. The van der Waals surface area contributed by atoms with Crippen LogP contribution in [0, 0.1) is 0 Å². The van der Waals surface area contributed by atoms with E-state index in [4.69, 9.17) is 5.73 Å². The van der Waals surface area contributed by atoms with Gasteiger partial charge in [-0.3, -0.25) is 5.73 Å². The van der Waals surface area contributed by atoms with Crippen molar-refractivity contribution in [2.75, 3.05) is 0 Å². The second-order valence-corrected chi connectivity index (χ2v) is 3.95. The van der Waals surface area contributed by atoms with E-state index in [1.165, 1.54) is 12.1 Å². The van der Waals surface area contributed by atoms with E-state index < -0.39 is 11.7 Å². The molecule has 18 heavy (non-hydrogen) atoms. The van der Waals surface area contributed by atoms with Crippen molar-refractivity contribution in [3.05, 3.63) is 59.7 Å². The minimum Gasteiger partial charge on any atom is -0.253 e. The van der Waals surface area contributed by atoms with E-state index in [-0.39, 0.29) is 6.54 Å². The summed E-state index contributed by atoms with van der Waals surface area (Å²) in [6.07, 6.45) is -4.30. The van der Waals surface area contributed by atoms with E-state index in [2.05, 4.69) is 0 Å². The number of hydrogen-bond acceptors (Lipinski definition) is 0. The molecular weight excluding hydrogens is 239 g/mol. The molecule has 0 atom stereocenters. The van der Waals surface area contributed by atoms with Gasteiger partial charge in [-0.15, -0.1) is 0 Å². The highest BCUT2D eigenvalue weighted by Crippen LogP contribution is 2.30. The van der Waals surface area contributed by atoms with Crippen molar-refractivity contribution in [1.82, 2.24) is 5.73 Å². The molecule has 0 amide bonds. The summed E-state index contributed by atoms with van der Waals surface area (Å²) in [5, 5.41) is 0. The number of alkyl halides is 3. The van der Waals surface area contributed by atoms with Crippen molar-refractivity contribution in [3.8, 4) is 11.1 Å². The van der Waals surface area contributed by atoms with Crippen LogP contribution >= 0.6 is 0 Å². The first-order valence-corrected chi connectivity index (χ1v) is 5.42. The standard InChI is InChI=1S/C14H11F3N/c15-14(16,17)13-7-5-12(6-8-13)11-3-1-10(9-18)2-4-11/h1-8,18H,9H2. The highest BCUT2D eigenvalue weighted by molar-refractivity contribution is 5.64. The van der Waals surface area contributed by atoms with Gasteiger partial charge in [-0.05, 0) is 28.8 Å². The van der Waals surface area contributed by atoms with Crippen molar-refractivity contribution in [3.63, 3.8) is 0 Å². The Labute approximate surface area is 103 Å². The predicted molar refractivity (Wildman–Crippen MR) is 63.7 cm³/mol. The number of benzene rings is 2. The van der Waals surface area contributed by atoms with Gasteiger partial charge in [-0.25, -0.2) is 0 Å².